The van der Waals surface area contributed by atoms with E-state index < -0.39 is 23.8 Å². The second-order valence-corrected chi connectivity index (χ2v) is 10.9. The number of piperidine rings is 1. The number of anilines is 2. The molecule has 0 unspecified atom stereocenters. The third-order valence-electron chi connectivity index (χ3n) is 7.85. The molecule has 234 valence electrons. The van der Waals surface area contributed by atoms with Crippen molar-refractivity contribution in [1.29, 1.82) is 0 Å². The first-order valence-corrected chi connectivity index (χ1v) is 14.3. The quantitative estimate of drug-likeness (QED) is 0.310. The average molecular weight is 623 g/mol. The zero-order chi connectivity index (χ0) is 31.7. The summed E-state index contributed by atoms with van der Waals surface area (Å²) in [6.45, 7) is 2.58. The molecule has 12 nitrogen and oxygen atoms in total. The molecule has 0 saturated carbocycles. The van der Waals surface area contributed by atoms with E-state index in [2.05, 4.69) is 25.5 Å². The molecule has 2 aliphatic heterocycles. The summed E-state index contributed by atoms with van der Waals surface area (Å²) in [6, 6.07) is 8.10. The van der Waals surface area contributed by atoms with Crippen molar-refractivity contribution in [2.45, 2.75) is 38.0 Å². The van der Waals surface area contributed by atoms with Crippen LogP contribution in [0.2, 0.25) is 0 Å². The number of nitrogens with zero attached hydrogens (tertiary/aromatic N) is 6. The molecule has 2 saturated heterocycles. The van der Waals surface area contributed by atoms with Crippen molar-refractivity contribution in [3.63, 3.8) is 0 Å². The summed E-state index contributed by atoms with van der Waals surface area (Å²) in [5.41, 5.74) is 1.02. The van der Waals surface area contributed by atoms with Crippen molar-refractivity contribution in [3.05, 3.63) is 71.9 Å². The lowest BCUT2D eigenvalue weighted by molar-refractivity contribution is -0.141. The van der Waals surface area contributed by atoms with Gasteiger partial charge in [0.15, 0.2) is 0 Å². The van der Waals surface area contributed by atoms with Gasteiger partial charge in [-0.25, -0.2) is 9.78 Å². The van der Waals surface area contributed by atoms with E-state index in [0.29, 0.717) is 30.0 Å². The van der Waals surface area contributed by atoms with Crippen molar-refractivity contribution in [1.82, 2.24) is 30.0 Å². The molecule has 6 rings (SSSR count). The third-order valence-corrected chi connectivity index (χ3v) is 7.85. The molecule has 15 heteroatoms. The molecule has 0 radical (unpaired) electrons. The van der Waals surface area contributed by atoms with Crippen LogP contribution in [0.3, 0.4) is 0 Å². The second-order valence-electron chi connectivity index (χ2n) is 10.9. The van der Waals surface area contributed by atoms with Crippen LogP contribution in [-0.4, -0.2) is 69.2 Å². The molecule has 0 bridgehead atoms. The van der Waals surface area contributed by atoms with E-state index in [1.807, 2.05) is 16.9 Å². The van der Waals surface area contributed by atoms with E-state index in [-0.39, 0.29) is 29.8 Å². The second kappa shape index (κ2) is 12.1. The number of likely N-dealkylation sites (tertiary alicyclic amines) is 1. The van der Waals surface area contributed by atoms with Crippen LogP contribution >= 0.6 is 0 Å². The summed E-state index contributed by atoms with van der Waals surface area (Å²) >= 11 is 0. The minimum atomic E-state index is -4.67. The number of rotatable bonds is 7. The van der Waals surface area contributed by atoms with Crippen LogP contribution in [0.15, 0.2) is 55.0 Å². The summed E-state index contributed by atoms with van der Waals surface area (Å²) in [7, 11) is 1.43. The van der Waals surface area contributed by atoms with Gasteiger partial charge in [-0.15, -0.1) is 0 Å². The van der Waals surface area contributed by atoms with Crippen molar-refractivity contribution in [2.24, 2.45) is 0 Å². The predicted molar refractivity (Wildman–Crippen MR) is 157 cm³/mol. The Labute approximate surface area is 255 Å². The monoisotopic (exact) mass is 622 g/mol. The summed E-state index contributed by atoms with van der Waals surface area (Å²) in [4.78, 5) is 48.1. The maximum atomic E-state index is 13.1. The van der Waals surface area contributed by atoms with Gasteiger partial charge in [0.25, 0.3) is 5.91 Å². The number of fused-ring (bicyclic) bond motifs is 1. The molecular formula is C30H29F3N8O4. The number of ether oxygens (including phenoxy) is 1. The molecule has 0 spiro atoms. The number of benzene rings is 1. The number of urea groups is 1. The van der Waals surface area contributed by atoms with E-state index in [4.69, 9.17) is 9.84 Å². The number of halogens is 3. The summed E-state index contributed by atoms with van der Waals surface area (Å²) in [5.74, 6) is -0.771. The SMILES string of the molecule is COc1cc2nn(C3CCN(Cc4cncc(N5CCC(=O)NC5=O)c4)CC3)cc2cc1NC(=O)c1cccc(C(F)(F)F)n1. The maximum absolute atomic E-state index is 13.1. The molecule has 2 N–H and O–H groups in total. The number of carbonyl (C=O) groups is 3. The number of hydrogen-bond donors (Lipinski definition) is 2. The van der Waals surface area contributed by atoms with Gasteiger partial charge in [0, 0.05) is 56.4 Å². The Morgan fingerprint density at radius 2 is 1.91 bits per heavy atom. The Balaban J connectivity index is 1.11. The summed E-state index contributed by atoms with van der Waals surface area (Å²) in [5, 5.41) is 10.4. The fraction of sp³-hybridized carbons (Fsp3) is 0.333. The predicted octanol–water partition coefficient (Wildman–Crippen LogP) is 4.39. The van der Waals surface area contributed by atoms with E-state index in [1.165, 1.54) is 18.1 Å². The molecule has 2 fully saturated rings. The number of aromatic nitrogens is 4. The summed E-state index contributed by atoms with van der Waals surface area (Å²) in [6.07, 6.45) is 2.51. The van der Waals surface area contributed by atoms with Crippen molar-refractivity contribution < 1.29 is 32.3 Å². The van der Waals surface area contributed by atoms with Crippen LogP contribution in [0.1, 0.15) is 47.1 Å². The lowest BCUT2D eigenvalue weighted by Crippen LogP contribution is -2.49. The number of hydrogen-bond acceptors (Lipinski definition) is 8. The Kier molecular flexibility index (Phi) is 8.10. The van der Waals surface area contributed by atoms with E-state index in [0.717, 1.165) is 49.0 Å². The minimum Gasteiger partial charge on any atom is -0.494 e. The highest BCUT2D eigenvalue weighted by molar-refractivity contribution is 6.06. The van der Waals surface area contributed by atoms with Crippen LogP contribution < -0.4 is 20.3 Å². The normalized spacial score (nSPS) is 16.6. The smallest absolute Gasteiger partial charge is 0.433 e. The maximum Gasteiger partial charge on any atom is 0.433 e. The van der Waals surface area contributed by atoms with Gasteiger partial charge in [-0.05, 0) is 42.7 Å². The van der Waals surface area contributed by atoms with Crippen molar-refractivity contribution >= 4 is 40.1 Å². The van der Waals surface area contributed by atoms with Crippen LogP contribution in [0.25, 0.3) is 10.9 Å². The van der Waals surface area contributed by atoms with Gasteiger partial charge in [0.1, 0.15) is 17.1 Å². The van der Waals surface area contributed by atoms with Gasteiger partial charge >= 0.3 is 12.2 Å². The molecule has 45 heavy (non-hydrogen) atoms. The Morgan fingerprint density at radius 1 is 1.11 bits per heavy atom. The van der Waals surface area contributed by atoms with E-state index >= 15 is 0 Å². The van der Waals surface area contributed by atoms with Crippen LogP contribution in [0.4, 0.5) is 29.3 Å². The van der Waals surface area contributed by atoms with Gasteiger partial charge in [-0.2, -0.15) is 18.3 Å². The largest absolute Gasteiger partial charge is 0.494 e. The van der Waals surface area contributed by atoms with Gasteiger partial charge in [-0.1, -0.05) is 6.07 Å². The molecular weight excluding hydrogens is 593 g/mol. The van der Waals surface area contributed by atoms with Crippen LogP contribution in [0.5, 0.6) is 5.75 Å². The number of methoxy groups -OCH3 is 1. The highest BCUT2D eigenvalue weighted by atomic mass is 19.4. The number of amides is 4. The minimum absolute atomic E-state index is 0.131. The van der Waals surface area contributed by atoms with Gasteiger partial charge in [-0.3, -0.25) is 34.4 Å². The van der Waals surface area contributed by atoms with Crippen molar-refractivity contribution in [2.75, 3.05) is 37.0 Å². The van der Waals surface area contributed by atoms with Gasteiger partial charge in [0.2, 0.25) is 5.91 Å². The Morgan fingerprint density at radius 3 is 2.64 bits per heavy atom. The number of carbonyl (C=O) groups excluding carboxylic acids is 3. The first-order chi connectivity index (χ1) is 21.6. The highest BCUT2D eigenvalue weighted by Gasteiger charge is 2.33. The topological polar surface area (TPSA) is 135 Å². The number of nitrogens with one attached hydrogen (secondary N) is 2. The molecule has 0 aliphatic carbocycles. The Bertz CT molecular complexity index is 1770. The lowest BCUT2D eigenvalue weighted by atomic mass is 10.0. The van der Waals surface area contributed by atoms with Gasteiger partial charge < -0.3 is 10.1 Å². The van der Waals surface area contributed by atoms with Crippen LogP contribution in [0, 0.1) is 0 Å². The highest BCUT2D eigenvalue weighted by Crippen LogP contribution is 2.33. The number of pyridine rings is 2. The molecule has 4 amide bonds. The van der Waals surface area contributed by atoms with E-state index in [1.54, 1.807) is 24.5 Å². The zero-order valence-corrected chi connectivity index (χ0v) is 24.2. The lowest BCUT2D eigenvalue weighted by Gasteiger charge is -2.32. The molecule has 2 aliphatic rings. The van der Waals surface area contributed by atoms with Crippen LogP contribution in [-0.2, 0) is 17.5 Å². The third kappa shape index (κ3) is 6.57. The summed E-state index contributed by atoms with van der Waals surface area (Å²) < 4.78 is 46.6. The first kappa shape index (κ1) is 30.0. The fourth-order valence-corrected chi connectivity index (χ4v) is 5.55. The molecule has 1 aromatic carbocycles. The molecule has 3 aromatic heterocycles. The average Bonchev–Trinajstić information content (AvgIpc) is 3.43. The molecule has 5 heterocycles. The standard InChI is InChI=1S/C30H29F3N8O4/c1-45-25-13-23-19(12-24(25)36-28(43)22-3-2-4-26(35-22)30(31,32)33)17-41(38-23)20-5-8-39(9-6-20)16-18-11-21(15-34-14-18)40-10-7-27(42)37-29(40)44/h2-4,11-15,17,20H,5-10,16H2,1H3,(H,36,43)(H,37,42,44). The zero-order valence-electron chi connectivity index (χ0n) is 24.2. The van der Waals surface area contributed by atoms with Gasteiger partial charge in [0.05, 0.1) is 36.2 Å². The van der Waals surface area contributed by atoms with Crippen molar-refractivity contribution in [3.8, 4) is 5.75 Å². The molecule has 4 aromatic rings. The fourth-order valence-electron chi connectivity index (χ4n) is 5.55. The molecule has 0 atom stereocenters. The van der Waals surface area contributed by atoms with E-state index in [9.17, 15) is 27.6 Å². The first-order valence-electron chi connectivity index (χ1n) is 14.3. The Hall–Kier alpha value is -5.05. The number of alkyl halides is 3. The number of imide groups is 1.